The van der Waals surface area contributed by atoms with Crippen molar-refractivity contribution in [3.63, 3.8) is 0 Å². The summed E-state index contributed by atoms with van der Waals surface area (Å²) in [5, 5.41) is 9.09. The van der Waals surface area contributed by atoms with Gasteiger partial charge in [-0.25, -0.2) is 18.5 Å². The van der Waals surface area contributed by atoms with Crippen molar-refractivity contribution >= 4 is 44.6 Å². The Hall–Kier alpha value is -2.66. The van der Waals surface area contributed by atoms with Crippen LogP contribution >= 0.6 is 22.9 Å². The van der Waals surface area contributed by atoms with E-state index in [0.717, 1.165) is 0 Å². The molecule has 3 N–H and O–H groups in total. The monoisotopic (exact) mass is 467 g/mol. The number of aromatic nitrogens is 1. The van der Waals surface area contributed by atoms with Crippen molar-refractivity contribution in [2.24, 2.45) is 5.14 Å². The molecule has 0 unspecified atom stereocenters. The van der Waals surface area contributed by atoms with Gasteiger partial charge in [0, 0.05) is 10.7 Å². The van der Waals surface area contributed by atoms with E-state index in [1.807, 2.05) is 0 Å². The van der Waals surface area contributed by atoms with Gasteiger partial charge in [0.15, 0.2) is 0 Å². The van der Waals surface area contributed by atoms with Crippen LogP contribution in [0.1, 0.15) is 20.4 Å². The van der Waals surface area contributed by atoms with Crippen molar-refractivity contribution in [1.82, 2.24) is 4.98 Å². The van der Waals surface area contributed by atoms with E-state index in [2.05, 4.69) is 10.3 Å². The van der Waals surface area contributed by atoms with Crippen LogP contribution in [0.15, 0.2) is 47.4 Å². The number of amides is 1. The Balaban J connectivity index is 1.74. The van der Waals surface area contributed by atoms with E-state index in [1.54, 1.807) is 31.2 Å². The summed E-state index contributed by atoms with van der Waals surface area (Å²) < 4.78 is 34.1. The number of benzene rings is 2. The highest BCUT2D eigenvalue weighted by Gasteiger charge is 2.19. The van der Waals surface area contributed by atoms with Gasteiger partial charge in [0.2, 0.25) is 10.0 Å². The van der Waals surface area contributed by atoms with E-state index >= 15 is 0 Å². The molecular weight excluding hydrogens is 450 g/mol. The van der Waals surface area contributed by atoms with Crippen molar-refractivity contribution in [3.8, 4) is 11.5 Å². The molecule has 0 spiro atoms. The van der Waals surface area contributed by atoms with Crippen molar-refractivity contribution < 1.29 is 22.7 Å². The molecule has 0 saturated heterocycles. The smallest absolute Gasteiger partial charge is 0.267 e. The number of thiazole rings is 1. The van der Waals surface area contributed by atoms with E-state index in [0.29, 0.717) is 26.4 Å². The van der Waals surface area contributed by atoms with E-state index in [-0.39, 0.29) is 22.9 Å². The number of primary sulfonamides is 1. The molecule has 0 aliphatic carbocycles. The topological polar surface area (TPSA) is 121 Å². The van der Waals surface area contributed by atoms with Crippen LogP contribution in [0.25, 0.3) is 0 Å². The molecule has 3 aromatic rings. The van der Waals surface area contributed by atoms with Crippen molar-refractivity contribution in [1.29, 1.82) is 0 Å². The molecule has 0 saturated carbocycles. The Morgan fingerprint density at radius 1 is 1.23 bits per heavy atom. The van der Waals surface area contributed by atoms with Gasteiger partial charge in [-0.05, 0) is 49.4 Å². The number of aryl methyl sites for hydroxylation is 1. The second-order valence-electron chi connectivity index (χ2n) is 6.13. The number of halogens is 1. The molecule has 158 valence electrons. The molecule has 0 aliphatic heterocycles. The number of anilines is 1. The van der Waals surface area contributed by atoms with Crippen LogP contribution in [-0.4, -0.2) is 26.4 Å². The fourth-order valence-electron chi connectivity index (χ4n) is 2.57. The Bertz CT molecular complexity index is 1180. The molecular formula is C19H18ClN3O5S2. The minimum atomic E-state index is -4.02. The van der Waals surface area contributed by atoms with Gasteiger partial charge in [-0.1, -0.05) is 11.6 Å². The van der Waals surface area contributed by atoms with Gasteiger partial charge >= 0.3 is 0 Å². The zero-order valence-electron chi connectivity index (χ0n) is 16.0. The van der Waals surface area contributed by atoms with Crippen molar-refractivity contribution in [3.05, 3.63) is 63.1 Å². The Morgan fingerprint density at radius 2 is 1.93 bits per heavy atom. The van der Waals surface area contributed by atoms with Gasteiger partial charge in [0.25, 0.3) is 5.91 Å². The molecule has 0 bridgehead atoms. The second kappa shape index (κ2) is 9.00. The molecule has 1 amide bonds. The maximum atomic E-state index is 12.7. The molecule has 0 aliphatic rings. The molecule has 3 rings (SSSR count). The molecule has 30 heavy (non-hydrogen) atoms. The first kappa shape index (κ1) is 22.0. The SMILES string of the molecule is COc1ccc(NC(=O)c2sc(COc3ccc(Cl)cc3)nc2C)cc1S(N)(=O)=O. The summed E-state index contributed by atoms with van der Waals surface area (Å²) in [6.07, 6.45) is 0. The van der Waals surface area contributed by atoms with Gasteiger partial charge in [-0.15, -0.1) is 11.3 Å². The van der Waals surface area contributed by atoms with Gasteiger partial charge in [-0.2, -0.15) is 0 Å². The van der Waals surface area contributed by atoms with E-state index in [4.69, 9.17) is 26.2 Å². The highest BCUT2D eigenvalue weighted by atomic mass is 35.5. The highest BCUT2D eigenvalue weighted by molar-refractivity contribution is 7.89. The molecule has 1 aromatic heterocycles. The normalized spacial score (nSPS) is 11.2. The summed E-state index contributed by atoms with van der Waals surface area (Å²) in [7, 11) is -2.69. The van der Waals surface area contributed by atoms with Crippen LogP contribution in [0, 0.1) is 6.92 Å². The van der Waals surface area contributed by atoms with Crippen molar-refractivity contribution in [2.75, 3.05) is 12.4 Å². The largest absolute Gasteiger partial charge is 0.495 e. The maximum absolute atomic E-state index is 12.7. The predicted molar refractivity (Wildman–Crippen MR) is 115 cm³/mol. The number of hydrogen-bond acceptors (Lipinski definition) is 7. The minimum absolute atomic E-state index is 0.0890. The molecule has 0 fully saturated rings. The van der Waals surface area contributed by atoms with E-state index in [9.17, 15) is 13.2 Å². The first-order chi connectivity index (χ1) is 14.2. The minimum Gasteiger partial charge on any atom is -0.495 e. The average Bonchev–Trinajstić information content (AvgIpc) is 3.07. The molecule has 0 radical (unpaired) electrons. The van der Waals surface area contributed by atoms with Crippen molar-refractivity contribution in [2.45, 2.75) is 18.4 Å². The lowest BCUT2D eigenvalue weighted by atomic mass is 10.3. The second-order valence-corrected chi connectivity index (χ2v) is 9.18. The third kappa shape index (κ3) is 5.28. The van der Waals surface area contributed by atoms with Gasteiger partial charge < -0.3 is 14.8 Å². The summed E-state index contributed by atoms with van der Waals surface area (Å²) in [5.74, 6) is 0.298. The number of carbonyl (C=O) groups is 1. The molecule has 11 heteroatoms. The summed E-state index contributed by atoms with van der Waals surface area (Å²) >= 11 is 7.03. The highest BCUT2D eigenvalue weighted by Crippen LogP contribution is 2.27. The van der Waals surface area contributed by atoms with Crippen LogP contribution < -0.4 is 19.9 Å². The molecule has 1 heterocycles. The van der Waals surface area contributed by atoms with Gasteiger partial charge in [0.05, 0.1) is 12.8 Å². The number of nitrogens with two attached hydrogens (primary N) is 1. The first-order valence-electron chi connectivity index (χ1n) is 8.54. The van der Waals surface area contributed by atoms with Crippen LogP contribution in [0.2, 0.25) is 5.02 Å². The number of carbonyl (C=O) groups excluding carboxylic acids is 1. The number of methoxy groups -OCH3 is 1. The van der Waals surface area contributed by atoms with Crippen LogP contribution in [0.4, 0.5) is 5.69 Å². The predicted octanol–water partition coefficient (Wildman–Crippen LogP) is 3.59. The summed E-state index contributed by atoms with van der Waals surface area (Å²) in [6, 6.07) is 11.1. The third-order valence-corrected chi connectivity index (χ3v) is 6.26. The lowest BCUT2D eigenvalue weighted by molar-refractivity contribution is 0.102. The maximum Gasteiger partial charge on any atom is 0.267 e. The molecule has 2 aromatic carbocycles. The summed E-state index contributed by atoms with van der Waals surface area (Å²) in [6.45, 7) is 1.90. The summed E-state index contributed by atoms with van der Waals surface area (Å²) in [5.41, 5.74) is 0.795. The van der Waals surface area contributed by atoms with Gasteiger partial charge in [-0.3, -0.25) is 4.79 Å². The zero-order chi connectivity index (χ0) is 21.9. The standard InChI is InChI=1S/C19H18ClN3O5S2/c1-11-18(29-17(22-11)10-28-14-6-3-12(20)4-7-14)19(24)23-13-5-8-15(27-2)16(9-13)30(21,25)26/h3-9H,10H2,1-2H3,(H,23,24)(H2,21,25,26). The average molecular weight is 468 g/mol. The quantitative estimate of drug-likeness (QED) is 0.547. The van der Waals surface area contributed by atoms with Gasteiger partial charge in [0.1, 0.15) is 32.9 Å². The number of sulfonamides is 1. The Morgan fingerprint density at radius 3 is 2.57 bits per heavy atom. The number of hydrogen-bond donors (Lipinski definition) is 2. The fourth-order valence-corrected chi connectivity index (χ4v) is 4.29. The van der Waals surface area contributed by atoms with E-state index < -0.39 is 15.9 Å². The fraction of sp³-hybridized carbons (Fsp3) is 0.158. The molecule has 8 nitrogen and oxygen atoms in total. The van der Waals surface area contributed by atoms with Crippen LogP contribution in [-0.2, 0) is 16.6 Å². The van der Waals surface area contributed by atoms with Crippen LogP contribution in [0.3, 0.4) is 0 Å². The number of nitrogens with zero attached hydrogens (tertiary/aromatic N) is 1. The Kier molecular flexibility index (Phi) is 6.61. The molecule has 0 atom stereocenters. The number of ether oxygens (including phenoxy) is 2. The lowest BCUT2D eigenvalue weighted by Crippen LogP contribution is -2.15. The van der Waals surface area contributed by atoms with E-state index in [1.165, 1.54) is 36.6 Å². The Labute approximate surface area is 182 Å². The summed E-state index contributed by atoms with van der Waals surface area (Å²) in [4.78, 5) is 17.2. The number of nitrogens with one attached hydrogen (secondary N) is 1. The third-order valence-electron chi connectivity index (χ3n) is 3.95. The first-order valence-corrected chi connectivity index (χ1v) is 11.3. The lowest BCUT2D eigenvalue weighted by Gasteiger charge is -2.10. The van der Waals surface area contributed by atoms with Crippen LogP contribution in [0.5, 0.6) is 11.5 Å². The zero-order valence-corrected chi connectivity index (χ0v) is 18.4. The number of rotatable bonds is 7.